The van der Waals surface area contributed by atoms with E-state index in [1.807, 2.05) is 48.7 Å². The highest BCUT2D eigenvalue weighted by Crippen LogP contribution is 2.27. The topological polar surface area (TPSA) is 81.2 Å². The van der Waals surface area contributed by atoms with E-state index in [0.29, 0.717) is 0 Å². The molecule has 0 aliphatic carbocycles. The molecular weight excluding hydrogens is 370 g/mol. The second kappa shape index (κ2) is 8.77. The number of hydrogen-bond donors (Lipinski definition) is 1. The number of rotatable bonds is 7. The Morgan fingerprint density at radius 2 is 2.04 bits per heavy atom. The highest BCUT2D eigenvalue weighted by atomic mass is 32.2. The molecule has 1 atom stereocenters. The third-order valence-corrected chi connectivity index (χ3v) is 5.39. The number of nitrogens with zero attached hydrogens (tertiary/aromatic N) is 2. The molecule has 0 saturated heterocycles. The number of thiophene rings is 1. The van der Waals surface area contributed by atoms with E-state index >= 15 is 0 Å². The molecule has 6 nitrogen and oxygen atoms in total. The van der Waals surface area contributed by atoms with Crippen molar-refractivity contribution >= 4 is 45.2 Å². The van der Waals surface area contributed by atoms with Gasteiger partial charge in [0.2, 0.25) is 0 Å². The second-order valence-corrected chi connectivity index (χ2v) is 7.33. The van der Waals surface area contributed by atoms with E-state index in [2.05, 4.69) is 15.3 Å². The predicted molar refractivity (Wildman–Crippen MR) is 102 cm³/mol. The van der Waals surface area contributed by atoms with Gasteiger partial charge in [-0.05, 0) is 23.9 Å². The first kappa shape index (κ1) is 18.3. The van der Waals surface area contributed by atoms with Crippen LogP contribution in [0.5, 0.6) is 0 Å². The van der Waals surface area contributed by atoms with Crippen LogP contribution in [-0.2, 0) is 14.3 Å². The quantitative estimate of drug-likeness (QED) is 0.381. The third-order valence-electron chi connectivity index (χ3n) is 3.59. The summed E-state index contributed by atoms with van der Waals surface area (Å²) in [5.41, 5.74) is 0.992. The standard InChI is InChI=1S/C18H17N3O3S2/c1-12(13-5-3-2-4-6-13)21-15(22)9-24-16(23)10-26-18-14-7-8-25-17(14)19-11-20-18/h2-8,11-12H,9-10H2,1H3,(H,21,22)/t12-/m1/s1. The van der Waals surface area contributed by atoms with E-state index < -0.39 is 5.97 Å². The fourth-order valence-corrected chi connectivity index (χ4v) is 3.88. The van der Waals surface area contributed by atoms with Crippen molar-refractivity contribution in [2.24, 2.45) is 0 Å². The van der Waals surface area contributed by atoms with Crippen LogP contribution in [0.25, 0.3) is 10.2 Å². The molecule has 134 valence electrons. The van der Waals surface area contributed by atoms with Gasteiger partial charge in [-0.15, -0.1) is 11.3 Å². The molecule has 1 amide bonds. The summed E-state index contributed by atoms with van der Waals surface area (Å²) in [6.07, 6.45) is 1.48. The number of hydrogen-bond acceptors (Lipinski definition) is 7. The molecule has 0 aliphatic heterocycles. The minimum Gasteiger partial charge on any atom is -0.455 e. The van der Waals surface area contributed by atoms with Gasteiger partial charge in [-0.3, -0.25) is 9.59 Å². The van der Waals surface area contributed by atoms with E-state index in [4.69, 9.17) is 4.74 Å². The van der Waals surface area contributed by atoms with Gasteiger partial charge in [0.1, 0.15) is 16.2 Å². The lowest BCUT2D eigenvalue weighted by atomic mass is 10.1. The average molecular weight is 387 g/mol. The van der Waals surface area contributed by atoms with E-state index in [0.717, 1.165) is 20.8 Å². The van der Waals surface area contributed by atoms with Crippen molar-refractivity contribution in [1.29, 1.82) is 0 Å². The Hall–Kier alpha value is -2.45. The lowest BCUT2D eigenvalue weighted by molar-refractivity contribution is -0.146. The van der Waals surface area contributed by atoms with Crippen LogP contribution in [0.15, 0.2) is 53.1 Å². The first-order chi connectivity index (χ1) is 12.6. The molecule has 3 rings (SSSR count). The lowest BCUT2D eigenvalue weighted by Crippen LogP contribution is -2.31. The Bertz CT molecular complexity index is 899. The Morgan fingerprint density at radius 3 is 2.85 bits per heavy atom. The number of carbonyl (C=O) groups excluding carboxylic acids is 2. The van der Waals surface area contributed by atoms with Crippen molar-refractivity contribution in [2.45, 2.75) is 18.0 Å². The van der Waals surface area contributed by atoms with E-state index in [-0.39, 0.29) is 24.3 Å². The zero-order valence-electron chi connectivity index (χ0n) is 14.0. The molecule has 0 saturated carbocycles. The van der Waals surface area contributed by atoms with Gasteiger partial charge in [-0.25, -0.2) is 9.97 Å². The maximum absolute atomic E-state index is 11.9. The predicted octanol–water partition coefficient (Wildman–Crippen LogP) is 3.20. The van der Waals surface area contributed by atoms with Gasteiger partial charge in [0.15, 0.2) is 6.61 Å². The van der Waals surface area contributed by atoms with Crippen LogP contribution in [0, 0.1) is 0 Å². The molecule has 1 aromatic carbocycles. The van der Waals surface area contributed by atoms with E-state index in [1.165, 1.54) is 29.4 Å². The summed E-state index contributed by atoms with van der Waals surface area (Å²) >= 11 is 2.79. The number of ether oxygens (including phenoxy) is 1. The molecule has 0 aliphatic rings. The highest BCUT2D eigenvalue weighted by molar-refractivity contribution is 8.00. The number of esters is 1. The monoisotopic (exact) mass is 387 g/mol. The number of carbonyl (C=O) groups is 2. The Labute approximate surface area is 159 Å². The number of benzene rings is 1. The van der Waals surface area contributed by atoms with Crippen molar-refractivity contribution in [3.63, 3.8) is 0 Å². The largest absolute Gasteiger partial charge is 0.455 e. The minimum atomic E-state index is -0.459. The SMILES string of the molecule is C[C@@H](NC(=O)COC(=O)CSc1ncnc2sccc12)c1ccccc1. The molecule has 3 aromatic rings. The zero-order valence-corrected chi connectivity index (χ0v) is 15.7. The molecule has 0 unspecified atom stereocenters. The van der Waals surface area contributed by atoms with E-state index in [9.17, 15) is 9.59 Å². The summed E-state index contributed by atoms with van der Waals surface area (Å²) in [6.45, 7) is 1.58. The second-order valence-electron chi connectivity index (χ2n) is 5.47. The molecule has 2 heterocycles. The number of nitrogens with one attached hydrogen (secondary N) is 1. The van der Waals surface area contributed by atoms with Gasteiger partial charge < -0.3 is 10.1 Å². The summed E-state index contributed by atoms with van der Waals surface area (Å²) in [7, 11) is 0. The van der Waals surface area contributed by atoms with Crippen LogP contribution >= 0.6 is 23.1 Å². The van der Waals surface area contributed by atoms with Crippen molar-refractivity contribution in [3.8, 4) is 0 Å². The fraction of sp³-hybridized carbons (Fsp3) is 0.222. The van der Waals surface area contributed by atoms with Gasteiger partial charge >= 0.3 is 5.97 Å². The van der Waals surface area contributed by atoms with Crippen LogP contribution in [-0.4, -0.2) is 34.2 Å². The first-order valence-electron chi connectivity index (χ1n) is 7.94. The maximum atomic E-state index is 11.9. The molecule has 8 heteroatoms. The fourth-order valence-electron chi connectivity index (χ4n) is 2.31. The van der Waals surface area contributed by atoms with Gasteiger partial charge in [0.05, 0.1) is 11.8 Å². The zero-order chi connectivity index (χ0) is 18.4. The van der Waals surface area contributed by atoms with Gasteiger partial charge in [-0.2, -0.15) is 0 Å². The molecular formula is C18H17N3O3S2. The highest BCUT2D eigenvalue weighted by Gasteiger charge is 2.13. The molecule has 0 spiro atoms. The Morgan fingerprint density at radius 1 is 1.23 bits per heavy atom. The number of thioether (sulfide) groups is 1. The number of amides is 1. The maximum Gasteiger partial charge on any atom is 0.316 e. The normalized spacial score (nSPS) is 11.9. The van der Waals surface area contributed by atoms with Crippen molar-refractivity contribution in [1.82, 2.24) is 15.3 Å². The lowest BCUT2D eigenvalue weighted by Gasteiger charge is -2.14. The van der Waals surface area contributed by atoms with Crippen molar-refractivity contribution < 1.29 is 14.3 Å². The van der Waals surface area contributed by atoms with Gasteiger partial charge in [-0.1, -0.05) is 42.1 Å². The van der Waals surface area contributed by atoms with Gasteiger partial charge in [0.25, 0.3) is 5.91 Å². The summed E-state index contributed by atoms with van der Waals surface area (Å²) in [4.78, 5) is 33.1. The molecule has 0 bridgehead atoms. The summed E-state index contributed by atoms with van der Waals surface area (Å²) < 4.78 is 5.04. The molecule has 0 radical (unpaired) electrons. The van der Waals surface area contributed by atoms with Crippen LogP contribution in [0.3, 0.4) is 0 Å². The number of fused-ring (bicyclic) bond motifs is 1. The Kier molecular flexibility index (Phi) is 6.19. The first-order valence-corrected chi connectivity index (χ1v) is 9.81. The minimum absolute atomic E-state index is 0.0868. The summed E-state index contributed by atoms with van der Waals surface area (Å²) in [5, 5.41) is 6.39. The van der Waals surface area contributed by atoms with Crippen LogP contribution in [0.4, 0.5) is 0 Å². The number of aromatic nitrogens is 2. The molecule has 0 fully saturated rings. The summed E-state index contributed by atoms with van der Waals surface area (Å²) in [6, 6.07) is 11.4. The van der Waals surface area contributed by atoms with E-state index in [1.54, 1.807) is 0 Å². The average Bonchev–Trinajstić information content (AvgIpc) is 3.14. The smallest absolute Gasteiger partial charge is 0.316 e. The van der Waals surface area contributed by atoms with Gasteiger partial charge in [0, 0.05) is 5.39 Å². The van der Waals surface area contributed by atoms with Crippen molar-refractivity contribution in [3.05, 3.63) is 53.7 Å². The van der Waals surface area contributed by atoms with Crippen molar-refractivity contribution in [2.75, 3.05) is 12.4 Å². The Balaban J connectivity index is 1.44. The third kappa shape index (κ3) is 4.80. The molecule has 1 N–H and O–H groups in total. The summed E-state index contributed by atoms with van der Waals surface area (Å²) in [5.74, 6) is -0.704. The van der Waals surface area contributed by atoms with Crippen LogP contribution in [0.2, 0.25) is 0 Å². The van der Waals surface area contributed by atoms with Crippen LogP contribution in [0.1, 0.15) is 18.5 Å². The van der Waals surface area contributed by atoms with Crippen LogP contribution < -0.4 is 5.32 Å². The molecule has 2 aromatic heterocycles. The molecule has 26 heavy (non-hydrogen) atoms.